The fourth-order valence-electron chi connectivity index (χ4n) is 2.53. The van der Waals surface area contributed by atoms with Crippen LogP contribution in [-0.2, 0) is 0 Å². The van der Waals surface area contributed by atoms with Crippen LogP contribution >= 0.6 is 0 Å². The molecule has 0 bridgehead atoms. The highest BCUT2D eigenvalue weighted by atomic mass is 16.5. The SMILES string of the molecule is COc1ccccc1-c1c[nH]c(=O)c2cc(OCC#N)ccc12. The van der Waals surface area contributed by atoms with E-state index in [1.807, 2.05) is 36.4 Å². The number of nitrogens with zero attached hydrogens (tertiary/aromatic N) is 1. The summed E-state index contributed by atoms with van der Waals surface area (Å²) >= 11 is 0. The fraction of sp³-hybridized carbons (Fsp3) is 0.111. The number of aromatic nitrogens is 1. The molecule has 1 aromatic heterocycles. The number of H-pyrrole nitrogens is 1. The van der Waals surface area contributed by atoms with Crippen molar-refractivity contribution in [3.8, 4) is 28.7 Å². The topological polar surface area (TPSA) is 75.1 Å². The molecule has 0 radical (unpaired) electrons. The summed E-state index contributed by atoms with van der Waals surface area (Å²) in [7, 11) is 1.61. The largest absolute Gasteiger partial charge is 0.496 e. The molecule has 1 N–H and O–H groups in total. The molecule has 0 amide bonds. The first kappa shape index (κ1) is 14.7. The number of rotatable bonds is 4. The second kappa shape index (κ2) is 6.24. The van der Waals surface area contributed by atoms with Gasteiger partial charge in [-0.05, 0) is 29.7 Å². The van der Waals surface area contributed by atoms with Crippen LogP contribution < -0.4 is 15.0 Å². The molecule has 0 spiro atoms. The zero-order chi connectivity index (χ0) is 16.2. The fourth-order valence-corrected chi connectivity index (χ4v) is 2.53. The van der Waals surface area contributed by atoms with Crippen LogP contribution in [0.3, 0.4) is 0 Å². The van der Waals surface area contributed by atoms with E-state index in [0.717, 1.165) is 22.3 Å². The Labute approximate surface area is 132 Å². The molecule has 1 heterocycles. The van der Waals surface area contributed by atoms with Crippen molar-refractivity contribution >= 4 is 10.8 Å². The molecule has 0 aliphatic rings. The molecule has 0 saturated carbocycles. The van der Waals surface area contributed by atoms with Gasteiger partial charge < -0.3 is 14.5 Å². The maximum Gasteiger partial charge on any atom is 0.255 e. The standard InChI is InChI=1S/C18H14N2O3/c1-22-17-5-3-2-4-14(17)16-11-20-18(21)15-10-12(23-9-8-19)6-7-13(15)16/h2-7,10-11H,9H2,1H3,(H,20,21). The third-order valence-electron chi connectivity index (χ3n) is 3.57. The van der Waals surface area contributed by atoms with E-state index in [2.05, 4.69) is 4.98 Å². The first-order chi connectivity index (χ1) is 11.2. The molecular weight excluding hydrogens is 292 g/mol. The summed E-state index contributed by atoms with van der Waals surface area (Å²) in [6.07, 6.45) is 1.68. The van der Waals surface area contributed by atoms with Gasteiger partial charge in [-0.25, -0.2) is 0 Å². The molecule has 2 aromatic carbocycles. The van der Waals surface area contributed by atoms with Crippen LogP contribution in [0.5, 0.6) is 11.5 Å². The van der Waals surface area contributed by atoms with Crippen LogP contribution in [0.2, 0.25) is 0 Å². The third-order valence-corrected chi connectivity index (χ3v) is 3.57. The molecule has 3 rings (SSSR count). The quantitative estimate of drug-likeness (QED) is 0.803. The van der Waals surface area contributed by atoms with Crippen molar-refractivity contribution in [2.45, 2.75) is 0 Å². The van der Waals surface area contributed by atoms with Gasteiger partial charge in [-0.3, -0.25) is 4.79 Å². The first-order valence-corrected chi connectivity index (χ1v) is 7.03. The van der Waals surface area contributed by atoms with E-state index < -0.39 is 0 Å². The van der Waals surface area contributed by atoms with Crippen LogP contribution in [0.15, 0.2) is 53.5 Å². The van der Waals surface area contributed by atoms with Crippen LogP contribution in [0, 0.1) is 11.3 Å². The number of ether oxygens (including phenoxy) is 2. The number of nitrogens with one attached hydrogen (secondary N) is 1. The van der Waals surface area contributed by atoms with Crippen molar-refractivity contribution in [3.63, 3.8) is 0 Å². The van der Waals surface area contributed by atoms with Crippen molar-refractivity contribution in [2.75, 3.05) is 13.7 Å². The van der Waals surface area contributed by atoms with E-state index in [9.17, 15) is 4.79 Å². The average molecular weight is 306 g/mol. The van der Waals surface area contributed by atoms with Gasteiger partial charge in [0, 0.05) is 17.3 Å². The van der Waals surface area contributed by atoms with Crippen molar-refractivity contribution in [1.29, 1.82) is 5.26 Å². The minimum absolute atomic E-state index is 0.0599. The predicted molar refractivity (Wildman–Crippen MR) is 87.7 cm³/mol. The number of hydrogen-bond acceptors (Lipinski definition) is 4. The van der Waals surface area contributed by atoms with E-state index in [1.165, 1.54) is 0 Å². The van der Waals surface area contributed by atoms with E-state index in [-0.39, 0.29) is 12.2 Å². The highest BCUT2D eigenvalue weighted by molar-refractivity contribution is 5.97. The molecule has 5 nitrogen and oxygen atoms in total. The molecule has 0 unspecified atom stereocenters. The first-order valence-electron chi connectivity index (χ1n) is 7.03. The minimum atomic E-state index is -0.207. The molecule has 3 aromatic rings. The van der Waals surface area contributed by atoms with E-state index in [1.54, 1.807) is 25.4 Å². The van der Waals surface area contributed by atoms with Crippen LogP contribution in [0.25, 0.3) is 21.9 Å². The van der Waals surface area contributed by atoms with Gasteiger partial charge in [-0.2, -0.15) is 5.26 Å². The van der Waals surface area contributed by atoms with Gasteiger partial charge in [0.05, 0.1) is 12.5 Å². The smallest absolute Gasteiger partial charge is 0.255 e. The van der Waals surface area contributed by atoms with Crippen molar-refractivity contribution in [3.05, 3.63) is 59.0 Å². The van der Waals surface area contributed by atoms with Crippen LogP contribution in [0.1, 0.15) is 0 Å². The van der Waals surface area contributed by atoms with Gasteiger partial charge in [-0.1, -0.05) is 18.2 Å². The minimum Gasteiger partial charge on any atom is -0.496 e. The maximum atomic E-state index is 12.1. The Bertz CT molecular complexity index is 954. The Morgan fingerprint density at radius 1 is 1.13 bits per heavy atom. The van der Waals surface area contributed by atoms with Crippen molar-refractivity contribution in [1.82, 2.24) is 4.98 Å². The van der Waals surface area contributed by atoms with Crippen molar-refractivity contribution in [2.24, 2.45) is 0 Å². The molecule has 0 saturated heterocycles. The lowest BCUT2D eigenvalue weighted by Gasteiger charge is -2.11. The predicted octanol–water partition coefficient (Wildman–Crippen LogP) is 3.11. The lowest BCUT2D eigenvalue weighted by molar-refractivity contribution is 0.368. The molecule has 0 aliphatic carbocycles. The summed E-state index contributed by atoms with van der Waals surface area (Å²) in [6, 6.07) is 14.7. The summed E-state index contributed by atoms with van der Waals surface area (Å²) in [5.74, 6) is 1.22. The molecular formula is C18H14N2O3. The summed E-state index contributed by atoms with van der Waals surface area (Å²) in [5, 5.41) is 9.89. The van der Waals surface area contributed by atoms with Crippen LogP contribution in [0.4, 0.5) is 0 Å². The maximum absolute atomic E-state index is 12.1. The second-order valence-electron chi connectivity index (χ2n) is 4.89. The summed E-state index contributed by atoms with van der Waals surface area (Å²) < 4.78 is 10.7. The molecule has 0 fully saturated rings. The van der Waals surface area contributed by atoms with Gasteiger partial charge >= 0.3 is 0 Å². The number of nitriles is 1. The molecule has 5 heteroatoms. The monoisotopic (exact) mass is 306 g/mol. The van der Waals surface area contributed by atoms with Crippen molar-refractivity contribution < 1.29 is 9.47 Å². The van der Waals surface area contributed by atoms with E-state index in [4.69, 9.17) is 14.7 Å². The third kappa shape index (κ3) is 2.74. The average Bonchev–Trinajstić information content (AvgIpc) is 2.60. The zero-order valence-corrected chi connectivity index (χ0v) is 12.5. The lowest BCUT2D eigenvalue weighted by Crippen LogP contribution is -2.06. The number of methoxy groups -OCH3 is 1. The zero-order valence-electron chi connectivity index (χ0n) is 12.5. The number of benzene rings is 2. The van der Waals surface area contributed by atoms with Gasteiger partial charge in [0.1, 0.15) is 17.6 Å². The number of para-hydroxylation sites is 1. The Kier molecular flexibility index (Phi) is 3.98. The Morgan fingerprint density at radius 3 is 2.74 bits per heavy atom. The van der Waals surface area contributed by atoms with E-state index >= 15 is 0 Å². The highest BCUT2D eigenvalue weighted by Crippen LogP contribution is 2.34. The molecule has 0 atom stereocenters. The Hall–Kier alpha value is -3.26. The van der Waals surface area contributed by atoms with E-state index in [0.29, 0.717) is 11.1 Å². The molecule has 0 aliphatic heterocycles. The van der Waals surface area contributed by atoms with Crippen LogP contribution in [-0.4, -0.2) is 18.7 Å². The number of hydrogen-bond donors (Lipinski definition) is 1. The summed E-state index contributed by atoms with van der Waals surface area (Å²) in [4.78, 5) is 14.9. The lowest BCUT2D eigenvalue weighted by atomic mass is 10.00. The second-order valence-corrected chi connectivity index (χ2v) is 4.89. The Balaban J connectivity index is 2.22. The Morgan fingerprint density at radius 2 is 1.96 bits per heavy atom. The van der Waals surface area contributed by atoms with Gasteiger partial charge in [0.2, 0.25) is 0 Å². The van der Waals surface area contributed by atoms with Gasteiger partial charge in [0.25, 0.3) is 5.56 Å². The van der Waals surface area contributed by atoms with Gasteiger partial charge in [0.15, 0.2) is 6.61 Å². The molecule has 23 heavy (non-hydrogen) atoms. The number of fused-ring (bicyclic) bond motifs is 1. The summed E-state index contributed by atoms with van der Waals surface area (Å²) in [6.45, 7) is -0.0599. The summed E-state index contributed by atoms with van der Waals surface area (Å²) in [5.41, 5.74) is 1.55. The van der Waals surface area contributed by atoms with Gasteiger partial charge in [-0.15, -0.1) is 0 Å². The highest BCUT2D eigenvalue weighted by Gasteiger charge is 2.11. The normalized spacial score (nSPS) is 10.3. The molecule has 114 valence electrons. The number of aromatic amines is 1. The number of pyridine rings is 1.